The Balaban J connectivity index is 2.05. The van der Waals surface area contributed by atoms with E-state index in [0.29, 0.717) is 0 Å². The first-order valence-corrected chi connectivity index (χ1v) is 7.22. The van der Waals surface area contributed by atoms with Crippen molar-refractivity contribution >= 4 is 38.6 Å². The van der Waals surface area contributed by atoms with Crippen molar-refractivity contribution in [1.82, 2.24) is 19.9 Å². The molecule has 4 nitrogen and oxygen atoms in total. The maximum atomic E-state index is 4.40. The molecule has 0 aliphatic heterocycles. The van der Waals surface area contributed by atoms with Gasteiger partial charge in [0.2, 0.25) is 0 Å². The molecule has 2 heterocycles. The van der Waals surface area contributed by atoms with Gasteiger partial charge in [-0.3, -0.25) is 0 Å². The number of rotatable bonds is 2. The fraction of sp³-hybridized carbons (Fsp3) is 0.0769. The molecule has 0 bridgehead atoms. The lowest BCUT2D eigenvalue weighted by Crippen LogP contribution is -1.92. The second-order valence-corrected chi connectivity index (χ2v) is 5.70. The lowest BCUT2D eigenvalue weighted by molar-refractivity contribution is 0.948. The minimum absolute atomic E-state index is 0.732. The number of hydrogen-bond donors (Lipinski definition) is 0. The summed E-state index contributed by atoms with van der Waals surface area (Å²) in [5.41, 5.74) is 0.935. The van der Waals surface area contributed by atoms with Crippen molar-refractivity contribution in [2.24, 2.45) is 0 Å². The van der Waals surface area contributed by atoms with Crippen molar-refractivity contribution in [3.05, 3.63) is 47.1 Å². The van der Waals surface area contributed by atoms with Crippen LogP contribution in [0.1, 0.15) is 5.82 Å². The van der Waals surface area contributed by atoms with Crippen LogP contribution in [-0.4, -0.2) is 19.9 Å². The molecule has 19 heavy (non-hydrogen) atoms. The molecule has 0 saturated heterocycles. The fourth-order valence-corrected chi connectivity index (χ4v) is 3.27. The number of aromatic nitrogens is 4. The zero-order chi connectivity index (χ0) is 13.2. The molecule has 0 saturated carbocycles. The van der Waals surface area contributed by atoms with Crippen LogP contribution in [0.15, 0.2) is 51.3 Å². The first kappa shape index (κ1) is 12.5. The summed E-state index contributed by atoms with van der Waals surface area (Å²) in [5, 5.41) is 2.79. The highest BCUT2D eigenvalue weighted by Crippen LogP contribution is 2.30. The smallest absolute Gasteiger partial charge is 0.127 e. The molecular formula is C13H9BrN4S. The minimum atomic E-state index is 0.732. The van der Waals surface area contributed by atoms with Crippen LogP contribution < -0.4 is 0 Å². The number of hydrogen-bond acceptors (Lipinski definition) is 5. The molecule has 0 radical (unpaired) electrons. The van der Waals surface area contributed by atoms with Gasteiger partial charge in [-0.25, -0.2) is 19.9 Å². The molecule has 6 heteroatoms. The van der Waals surface area contributed by atoms with Gasteiger partial charge in [0, 0.05) is 11.5 Å². The number of aryl methyl sites for hydroxylation is 1. The Morgan fingerprint density at radius 2 is 1.95 bits per heavy atom. The minimum Gasteiger partial charge on any atom is -0.236 e. The highest BCUT2D eigenvalue weighted by atomic mass is 79.9. The third-order valence-electron chi connectivity index (χ3n) is 2.49. The summed E-state index contributed by atoms with van der Waals surface area (Å²) in [6.45, 7) is 1.87. The van der Waals surface area contributed by atoms with E-state index < -0.39 is 0 Å². The zero-order valence-electron chi connectivity index (χ0n) is 10.0. The van der Waals surface area contributed by atoms with Gasteiger partial charge in [0.25, 0.3) is 0 Å². The molecule has 3 rings (SSSR count). The van der Waals surface area contributed by atoms with Gasteiger partial charge in [0.1, 0.15) is 26.8 Å². The molecule has 0 N–H and O–H groups in total. The van der Waals surface area contributed by atoms with Gasteiger partial charge < -0.3 is 0 Å². The topological polar surface area (TPSA) is 51.6 Å². The van der Waals surface area contributed by atoms with Crippen LogP contribution in [0.2, 0.25) is 0 Å². The Hall–Kier alpha value is -1.53. The van der Waals surface area contributed by atoms with Gasteiger partial charge in [0.15, 0.2) is 0 Å². The van der Waals surface area contributed by atoms with Crippen LogP contribution >= 0.6 is 27.7 Å². The van der Waals surface area contributed by atoms with E-state index >= 15 is 0 Å². The van der Waals surface area contributed by atoms with E-state index in [0.717, 1.165) is 31.4 Å². The van der Waals surface area contributed by atoms with E-state index in [1.807, 2.05) is 37.3 Å². The molecule has 3 aromatic rings. The lowest BCUT2D eigenvalue weighted by atomic mass is 10.2. The summed E-state index contributed by atoms with van der Waals surface area (Å²) >= 11 is 4.89. The molecule has 94 valence electrons. The average Bonchev–Trinajstić information content (AvgIpc) is 2.38. The van der Waals surface area contributed by atoms with Gasteiger partial charge in [-0.05, 0) is 40.7 Å². The first-order chi connectivity index (χ1) is 9.22. The Morgan fingerprint density at radius 3 is 2.79 bits per heavy atom. The normalized spacial score (nSPS) is 10.8. The highest BCUT2D eigenvalue weighted by molar-refractivity contribution is 9.10. The van der Waals surface area contributed by atoms with E-state index in [1.54, 1.807) is 6.33 Å². The Labute approximate surface area is 122 Å². The van der Waals surface area contributed by atoms with E-state index in [-0.39, 0.29) is 0 Å². The summed E-state index contributed by atoms with van der Waals surface area (Å²) in [6.07, 6.45) is 1.58. The second kappa shape index (κ2) is 5.22. The first-order valence-electron chi connectivity index (χ1n) is 5.61. The average molecular weight is 333 g/mol. The molecule has 0 amide bonds. The van der Waals surface area contributed by atoms with Gasteiger partial charge in [-0.1, -0.05) is 18.2 Å². The molecule has 0 aliphatic rings. The fourth-order valence-electron chi connectivity index (χ4n) is 1.72. The zero-order valence-corrected chi connectivity index (χ0v) is 12.4. The summed E-state index contributed by atoms with van der Waals surface area (Å²) in [7, 11) is 0. The van der Waals surface area contributed by atoms with Gasteiger partial charge in [-0.15, -0.1) is 0 Å². The van der Waals surface area contributed by atoms with Crippen molar-refractivity contribution in [2.45, 2.75) is 17.0 Å². The van der Waals surface area contributed by atoms with E-state index in [9.17, 15) is 0 Å². The Bertz CT molecular complexity index is 722. The number of halogens is 1. The third-order valence-corrected chi connectivity index (χ3v) is 3.83. The number of para-hydroxylation sites is 1. The summed E-state index contributed by atoms with van der Waals surface area (Å²) in [6, 6.07) is 9.82. The van der Waals surface area contributed by atoms with Crippen molar-refractivity contribution < 1.29 is 0 Å². The van der Waals surface area contributed by atoms with Crippen molar-refractivity contribution in [3.63, 3.8) is 0 Å². The van der Waals surface area contributed by atoms with Gasteiger partial charge in [-0.2, -0.15) is 0 Å². The van der Waals surface area contributed by atoms with Crippen LogP contribution in [-0.2, 0) is 0 Å². The molecule has 1 aromatic carbocycles. The van der Waals surface area contributed by atoms with E-state index in [1.165, 1.54) is 11.8 Å². The predicted octanol–water partition coefficient (Wildman–Crippen LogP) is 3.64. The van der Waals surface area contributed by atoms with Crippen LogP contribution in [0.3, 0.4) is 0 Å². The molecule has 0 spiro atoms. The molecule has 0 unspecified atom stereocenters. The van der Waals surface area contributed by atoms with E-state index in [4.69, 9.17) is 0 Å². The number of fused-ring (bicyclic) bond motifs is 1. The molecule has 0 aliphatic carbocycles. The predicted molar refractivity (Wildman–Crippen MR) is 78.1 cm³/mol. The summed E-state index contributed by atoms with van der Waals surface area (Å²) < 4.78 is 0.779. The molecule has 2 aromatic heterocycles. The van der Waals surface area contributed by atoms with Crippen LogP contribution in [0.5, 0.6) is 0 Å². The van der Waals surface area contributed by atoms with Gasteiger partial charge in [0.05, 0.1) is 5.52 Å². The maximum absolute atomic E-state index is 4.40. The second-order valence-electron chi connectivity index (χ2n) is 3.87. The molecular weight excluding hydrogens is 324 g/mol. The Kier molecular flexibility index (Phi) is 3.44. The lowest BCUT2D eigenvalue weighted by Gasteiger charge is -2.04. The standard InChI is InChI=1S/C13H9BrN4S/c1-8-17-11(14)6-12(18-8)19-13-9-4-2-3-5-10(9)15-7-16-13/h2-7H,1H3. The monoisotopic (exact) mass is 332 g/mol. The summed E-state index contributed by atoms with van der Waals surface area (Å²) in [4.78, 5) is 17.2. The number of benzene rings is 1. The highest BCUT2D eigenvalue weighted by Gasteiger charge is 2.07. The number of nitrogens with zero attached hydrogens (tertiary/aromatic N) is 4. The summed E-state index contributed by atoms with van der Waals surface area (Å²) in [5.74, 6) is 0.732. The van der Waals surface area contributed by atoms with Crippen LogP contribution in [0, 0.1) is 6.92 Å². The van der Waals surface area contributed by atoms with Crippen LogP contribution in [0.4, 0.5) is 0 Å². The quantitative estimate of drug-likeness (QED) is 0.670. The molecule has 0 fully saturated rings. The van der Waals surface area contributed by atoms with Crippen LogP contribution in [0.25, 0.3) is 10.9 Å². The van der Waals surface area contributed by atoms with Gasteiger partial charge >= 0.3 is 0 Å². The SMILES string of the molecule is Cc1nc(Br)cc(Sc2ncnc3ccccc23)n1. The van der Waals surface area contributed by atoms with Crippen molar-refractivity contribution in [2.75, 3.05) is 0 Å². The molecule has 0 atom stereocenters. The third kappa shape index (κ3) is 2.74. The Morgan fingerprint density at radius 1 is 1.11 bits per heavy atom. The maximum Gasteiger partial charge on any atom is 0.127 e. The van der Waals surface area contributed by atoms with Crippen molar-refractivity contribution in [3.8, 4) is 0 Å². The van der Waals surface area contributed by atoms with E-state index in [2.05, 4.69) is 35.9 Å². The largest absolute Gasteiger partial charge is 0.236 e. The van der Waals surface area contributed by atoms with Crippen molar-refractivity contribution in [1.29, 1.82) is 0 Å².